The average Bonchev–Trinajstić information content (AvgIpc) is 3.30. The molecule has 43 heavy (non-hydrogen) atoms. The van der Waals surface area contributed by atoms with E-state index in [-0.39, 0.29) is 35.2 Å². The van der Waals surface area contributed by atoms with Crippen LogP contribution in [-0.2, 0) is 28.6 Å². The molecule has 0 aliphatic heterocycles. The van der Waals surface area contributed by atoms with Crippen molar-refractivity contribution in [3.05, 3.63) is 82.5 Å². The van der Waals surface area contributed by atoms with Gasteiger partial charge in [0.05, 0.1) is 24.7 Å². The van der Waals surface area contributed by atoms with Gasteiger partial charge >= 0.3 is 0 Å². The first-order chi connectivity index (χ1) is 20.7. The van der Waals surface area contributed by atoms with E-state index in [1.165, 1.54) is 34.4 Å². The predicted octanol–water partition coefficient (Wildman–Crippen LogP) is 6.26. The number of Topliss-reactive ketones (excluding diaryl/α,β-unsaturated/α-hetero) is 1. The van der Waals surface area contributed by atoms with Crippen molar-refractivity contribution in [3.8, 4) is 5.75 Å². The molecular weight excluding hydrogens is 564 g/mol. The molecule has 6 rings (SSSR count). The largest absolute Gasteiger partial charge is 0.491 e. The zero-order valence-electron chi connectivity index (χ0n) is 25.0. The molecule has 0 N–H and O–H groups in total. The first kappa shape index (κ1) is 30.0. The normalized spacial score (nSPS) is 26.9. The van der Waals surface area contributed by atoms with Crippen LogP contribution >= 0.6 is 0 Å². The lowest BCUT2D eigenvalue weighted by molar-refractivity contribution is -0.128. The third-order valence-corrected chi connectivity index (χ3v) is 11.3. The van der Waals surface area contributed by atoms with Crippen molar-refractivity contribution in [2.24, 2.45) is 17.3 Å². The summed E-state index contributed by atoms with van der Waals surface area (Å²) in [5.74, 6) is 2.33. The van der Waals surface area contributed by atoms with Crippen molar-refractivity contribution in [2.75, 3.05) is 26.4 Å². The maximum atomic E-state index is 13.2. The van der Waals surface area contributed by atoms with Crippen molar-refractivity contribution < 1.29 is 31.7 Å². The molecule has 228 valence electrons. The second-order valence-corrected chi connectivity index (χ2v) is 14.2. The minimum Gasteiger partial charge on any atom is -0.491 e. The molecule has 0 amide bonds. The van der Waals surface area contributed by atoms with Crippen molar-refractivity contribution >= 4 is 21.7 Å². The molecule has 4 aliphatic rings. The fourth-order valence-electron chi connectivity index (χ4n) is 7.82. The van der Waals surface area contributed by atoms with E-state index >= 15 is 0 Å². The Morgan fingerprint density at radius 2 is 1.60 bits per heavy atom. The molecule has 7 nitrogen and oxygen atoms in total. The molecule has 2 saturated carbocycles. The highest BCUT2D eigenvalue weighted by molar-refractivity contribution is 7.86. The first-order valence-corrected chi connectivity index (χ1v) is 16.8. The van der Waals surface area contributed by atoms with Gasteiger partial charge in [0.2, 0.25) is 0 Å². The van der Waals surface area contributed by atoms with E-state index < -0.39 is 10.1 Å². The summed E-state index contributed by atoms with van der Waals surface area (Å²) >= 11 is 0. The van der Waals surface area contributed by atoms with Crippen LogP contribution in [0, 0.1) is 24.2 Å². The highest BCUT2D eigenvalue weighted by Crippen LogP contribution is 2.62. The van der Waals surface area contributed by atoms with Gasteiger partial charge in [-0.05, 0) is 97.9 Å². The van der Waals surface area contributed by atoms with Gasteiger partial charge in [0.25, 0.3) is 10.1 Å². The highest BCUT2D eigenvalue weighted by Gasteiger charge is 2.56. The zero-order chi connectivity index (χ0) is 30.2. The quantitative estimate of drug-likeness (QED) is 0.233. The number of carbonyl (C=O) groups excluding carboxylic acids is 2. The molecule has 2 fully saturated rings. The number of benzene rings is 2. The zero-order valence-corrected chi connectivity index (χ0v) is 25.8. The van der Waals surface area contributed by atoms with Gasteiger partial charge < -0.3 is 9.47 Å². The van der Waals surface area contributed by atoms with E-state index in [4.69, 9.17) is 13.7 Å². The van der Waals surface area contributed by atoms with E-state index in [1.807, 2.05) is 25.1 Å². The van der Waals surface area contributed by atoms with Crippen LogP contribution in [0.4, 0.5) is 0 Å². The van der Waals surface area contributed by atoms with Gasteiger partial charge in [-0.25, -0.2) is 0 Å². The van der Waals surface area contributed by atoms with Gasteiger partial charge in [0.1, 0.15) is 18.1 Å². The fraction of sp³-hybridized carbons (Fsp3) is 0.486. The number of hydrogen-bond donors (Lipinski definition) is 0. The smallest absolute Gasteiger partial charge is 0.297 e. The fourth-order valence-corrected chi connectivity index (χ4v) is 8.72. The Morgan fingerprint density at radius 3 is 2.37 bits per heavy atom. The van der Waals surface area contributed by atoms with Crippen LogP contribution < -0.4 is 4.74 Å². The Balaban J connectivity index is 1.06. The van der Waals surface area contributed by atoms with Crippen LogP contribution in [0.15, 0.2) is 76.2 Å². The Bertz CT molecular complexity index is 1550. The number of ether oxygens (including phenoxy) is 2. The molecule has 0 aromatic heterocycles. The Kier molecular flexibility index (Phi) is 8.46. The third-order valence-electron chi connectivity index (χ3n) is 10.00. The number of hydrogen-bond acceptors (Lipinski definition) is 7. The predicted molar refractivity (Wildman–Crippen MR) is 162 cm³/mol. The lowest BCUT2D eigenvalue weighted by Crippen LogP contribution is -2.43. The lowest BCUT2D eigenvalue weighted by atomic mass is 9.53. The van der Waals surface area contributed by atoms with Gasteiger partial charge in [0, 0.05) is 24.2 Å². The summed E-state index contributed by atoms with van der Waals surface area (Å²) in [6.45, 7) is 4.76. The maximum absolute atomic E-state index is 13.2. The van der Waals surface area contributed by atoms with Gasteiger partial charge in [-0.15, -0.1) is 0 Å². The molecule has 4 atom stereocenters. The first-order valence-electron chi connectivity index (χ1n) is 15.4. The third kappa shape index (κ3) is 6.02. The minimum absolute atomic E-state index is 0.0710. The topological polar surface area (TPSA) is 96.0 Å². The number of aryl methyl sites for hydroxylation is 1. The summed E-state index contributed by atoms with van der Waals surface area (Å²) in [5.41, 5.74) is 5.97. The summed E-state index contributed by atoms with van der Waals surface area (Å²) in [7, 11) is -3.81. The summed E-state index contributed by atoms with van der Waals surface area (Å²) < 4.78 is 41.0. The number of allylic oxidation sites excluding steroid dienone is 4. The summed E-state index contributed by atoms with van der Waals surface area (Å²) in [6, 6.07) is 14.7. The Morgan fingerprint density at radius 1 is 0.860 bits per heavy atom. The van der Waals surface area contributed by atoms with Crippen LogP contribution in [0.25, 0.3) is 0 Å². The summed E-state index contributed by atoms with van der Waals surface area (Å²) in [6.07, 6.45) is 7.70. The molecule has 2 aromatic rings. The lowest BCUT2D eigenvalue weighted by Gasteiger charge is -2.50. The van der Waals surface area contributed by atoms with Gasteiger partial charge in [-0.1, -0.05) is 42.3 Å². The van der Waals surface area contributed by atoms with Crippen LogP contribution in [0.3, 0.4) is 0 Å². The van der Waals surface area contributed by atoms with Crippen molar-refractivity contribution in [1.29, 1.82) is 0 Å². The van der Waals surface area contributed by atoms with Crippen molar-refractivity contribution in [3.63, 3.8) is 0 Å². The highest BCUT2D eigenvalue weighted by atomic mass is 32.2. The van der Waals surface area contributed by atoms with Gasteiger partial charge in [0.15, 0.2) is 5.78 Å². The van der Waals surface area contributed by atoms with E-state index in [9.17, 15) is 18.0 Å². The van der Waals surface area contributed by atoms with Crippen LogP contribution in [0.2, 0.25) is 0 Å². The molecule has 0 saturated heterocycles. The molecule has 0 heterocycles. The molecule has 0 unspecified atom stereocenters. The summed E-state index contributed by atoms with van der Waals surface area (Å²) in [4.78, 5) is 25.5. The average molecular weight is 605 g/mol. The number of fused-ring (bicyclic) bond motifs is 4. The Hall–Kier alpha value is -3.07. The van der Waals surface area contributed by atoms with Crippen LogP contribution in [-0.4, -0.2) is 46.4 Å². The molecule has 4 aliphatic carbocycles. The van der Waals surface area contributed by atoms with E-state index in [0.717, 1.165) is 43.4 Å². The second-order valence-electron chi connectivity index (χ2n) is 12.6. The molecule has 0 spiro atoms. The summed E-state index contributed by atoms with van der Waals surface area (Å²) in [5, 5.41) is 0. The van der Waals surface area contributed by atoms with Crippen LogP contribution in [0.5, 0.6) is 5.75 Å². The molecule has 0 bridgehead atoms. The minimum atomic E-state index is -3.81. The SMILES string of the molecule is Cc1ccc(S(=O)(=O)OCCOCCOc2ccc([C@H]3C[C@]4(C)C(=O)CC[C@H]4[C@@H]4CCC5=CC(=O)CCC5=C43)cc2)cc1. The van der Waals surface area contributed by atoms with E-state index in [0.29, 0.717) is 43.7 Å². The molecule has 2 aromatic carbocycles. The number of carbonyl (C=O) groups is 2. The van der Waals surface area contributed by atoms with E-state index in [1.54, 1.807) is 12.1 Å². The van der Waals surface area contributed by atoms with Crippen LogP contribution in [0.1, 0.15) is 68.9 Å². The Labute approximate surface area is 254 Å². The van der Waals surface area contributed by atoms with Crippen molar-refractivity contribution in [1.82, 2.24) is 0 Å². The standard InChI is InChI=1S/C35H40O7S/c1-23-3-11-28(12-4-23)43(38,39)42-20-18-40-17-19-41-27-9-5-24(6-10-27)31-22-35(2)32(15-16-33(35)37)30-13-7-25-21-26(36)8-14-29(25)34(30)31/h3-6,9-12,21,30-32H,7-8,13-20,22H2,1-2H3/t30-,31+,32-,35-/m0/s1. The number of rotatable bonds is 10. The van der Waals surface area contributed by atoms with Crippen molar-refractivity contribution in [2.45, 2.75) is 69.6 Å². The van der Waals surface area contributed by atoms with Gasteiger partial charge in [-0.3, -0.25) is 13.8 Å². The second kappa shape index (κ2) is 12.1. The monoisotopic (exact) mass is 604 g/mol. The van der Waals surface area contributed by atoms with Gasteiger partial charge in [-0.2, -0.15) is 8.42 Å². The molecule has 8 heteroatoms. The maximum Gasteiger partial charge on any atom is 0.297 e. The number of ketones is 2. The molecule has 0 radical (unpaired) electrons. The molecular formula is C35H40O7S. The van der Waals surface area contributed by atoms with E-state index in [2.05, 4.69) is 19.1 Å².